The van der Waals surface area contributed by atoms with Crippen molar-refractivity contribution in [3.63, 3.8) is 0 Å². The lowest BCUT2D eigenvalue weighted by Gasteiger charge is -2.37. The lowest BCUT2D eigenvalue weighted by molar-refractivity contribution is -0.145. The number of esters is 1. The van der Waals surface area contributed by atoms with Crippen molar-refractivity contribution >= 4 is 21.9 Å². The zero-order valence-corrected chi connectivity index (χ0v) is 17.7. The summed E-state index contributed by atoms with van der Waals surface area (Å²) < 4.78 is 19.9. The summed E-state index contributed by atoms with van der Waals surface area (Å²) in [6.45, 7) is 2.01. The maximum absolute atomic E-state index is 13.8. The first kappa shape index (κ1) is 20.6. The highest BCUT2D eigenvalue weighted by molar-refractivity contribution is 9.10. The molecule has 0 aliphatic heterocycles. The Morgan fingerprint density at radius 2 is 1.74 bits per heavy atom. The highest BCUT2D eigenvalue weighted by Gasteiger charge is 2.32. The van der Waals surface area contributed by atoms with E-state index in [9.17, 15) is 9.18 Å². The third kappa shape index (κ3) is 5.66. The van der Waals surface area contributed by atoms with E-state index in [4.69, 9.17) is 4.74 Å². The molecule has 0 radical (unpaired) electrons. The van der Waals surface area contributed by atoms with E-state index in [0.717, 1.165) is 62.3 Å². The first-order valence-corrected chi connectivity index (χ1v) is 11.2. The minimum Gasteiger partial charge on any atom is -0.459 e. The van der Waals surface area contributed by atoms with Gasteiger partial charge < -0.3 is 4.74 Å². The van der Waals surface area contributed by atoms with Gasteiger partial charge in [-0.1, -0.05) is 19.1 Å². The van der Waals surface area contributed by atoms with E-state index in [1.165, 1.54) is 12.8 Å². The molecule has 4 heteroatoms. The van der Waals surface area contributed by atoms with Gasteiger partial charge in [0.15, 0.2) is 0 Å². The van der Waals surface area contributed by atoms with Gasteiger partial charge in [0.05, 0.1) is 4.47 Å². The van der Waals surface area contributed by atoms with Crippen molar-refractivity contribution < 1.29 is 13.9 Å². The van der Waals surface area contributed by atoms with Crippen LogP contribution in [0, 0.1) is 17.7 Å². The van der Waals surface area contributed by atoms with E-state index in [0.29, 0.717) is 10.4 Å². The molecule has 0 heterocycles. The minimum atomic E-state index is -0.192. The van der Waals surface area contributed by atoms with Crippen molar-refractivity contribution in [2.24, 2.45) is 11.8 Å². The smallest absolute Gasteiger partial charge is 0.330 e. The van der Waals surface area contributed by atoms with Gasteiger partial charge in [0.25, 0.3) is 0 Å². The highest BCUT2D eigenvalue weighted by atomic mass is 79.9. The van der Waals surface area contributed by atoms with Crippen LogP contribution in [0.2, 0.25) is 0 Å². The molecule has 1 aromatic rings. The van der Waals surface area contributed by atoms with Crippen LogP contribution in [0.5, 0.6) is 0 Å². The maximum atomic E-state index is 13.8. The number of ether oxygens (including phenoxy) is 1. The van der Waals surface area contributed by atoms with Gasteiger partial charge in [0, 0.05) is 6.08 Å². The fraction of sp³-hybridized carbons (Fsp3) is 0.609. The lowest BCUT2D eigenvalue weighted by Crippen LogP contribution is -2.29. The first-order valence-electron chi connectivity index (χ1n) is 10.4. The number of carbonyl (C=O) groups excluding carboxylic acids is 1. The molecule has 2 fully saturated rings. The third-order valence-electron chi connectivity index (χ3n) is 6.34. The molecule has 148 valence electrons. The van der Waals surface area contributed by atoms with Crippen LogP contribution in [0.3, 0.4) is 0 Å². The molecule has 0 atom stereocenters. The van der Waals surface area contributed by atoms with Gasteiger partial charge >= 0.3 is 5.97 Å². The molecule has 0 aromatic heterocycles. The molecule has 0 saturated heterocycles. The average Bonchev–Trinajstić information content (AvgIpc) is 2.69. The van der Waals surface area contributed by atoms with Crippen LogP contribution in [0.4, 0.5) is 4.39 Å². The van der Waals surface area contributed by atoms with Gasteiger partial charge in [-0.15, -0.1) is 0 Å². The molecule has 0 bridgehead atoms. The molecule has 0 N–H and O–H groups in total. The van der Waals surface area contributed by atoms with E-state index in [2.05, 4.69) is 22.0 Å². The molecule has 2 aliphatic rings. The van der Waals surface area contributed by atoms with Crippen LogP contribution in [0.25, 0.3) is 0 Å². The lowest BCUT2D eigenvalue weighted by atomic mass is 9.69. The van der Waals surface area contributed by atoms with Gasteiger partial charge in [-0.05, 0) is 109 Å². The molecule has 0 spiro atoms. The zero-order valence-electron chi connectivity index (χ0n) is 16.1. The molecular weight excluding hydrogens is 407 g/mol. The summed E-state index contributed by atoms with van der Waals surface area (Å²) >= 11 is 3.24. The summed E-state index contributed by atoms with van der Waals surface area (Å²) in [5, 5.41) is 0. The number of carbonyl (C=O) groups is 1. The van der Waals surface area contributed by atoms with Crippen molar-refractivity contribution in [3.05, 3.63) is 46.2 Å². The van der Waals surface area contributed by atoms with Gasteiger partial charge in [0.1, 0.15) is 11.9 Å². The fourth-order valence-corrected chi connectivity index (χ4v) is 5.03. The van der Waals surface area contributed by atoms with Gasteiger partial charge in [0.2, 0.25) is 0 Å². The molecule has 1 aromatic carbocycles. The van der Waals surface area contributed by atoms with Crippen molar-refractivity contribution in [2.45, 2.75) is 76.7 Å². The molecule has 2 saturated carbocycles. The summed E-state index contributed by atoms with van der Waals surface area (Å²) in [6, 6.07) is 5.58. The van der Waals surface area contributed by atoms with Crippen LogP contribution in [0.1, 0.15) is 76.2 Å². The van der Waals surface area contributed by atoms with Crippen LogP contribution in [-0.2, 0) is 9.53 Å². The van der Waals surface area contributed by atoms with Gasteiger partial charge in [-0.3, -0.25) is 0 Å². The third-order valence-corrected chi connectivity index (χ3v) is 6.99. The monoisotopic (exact) mass is 436 g/mol. The van der Waals surface area contributed by atoms with Crippen molar-refractivity contribution in [1.82, 2.24) is 0 Å². The normalized spacial score (nSPS) is 29.0. The Kier molecular flexibility index (Phi) is 7.51. The largest absolute Gasteiger partial charge is 0.459 e. The Labute approximate surface area is 170 Å². The predicted octanol–water partition coefficient (Wildman–Crippen LogP) is 6.93. The van der Waals surface area contributed by atoms with Crippen LogP contribution in [0.15, 0.2) is 34.8 Å². The highest BCUT2D eigenvalue weighted by Crippen LogP contribution is 2.43. The molecule has 3 rings (SSSR count). The molecule has 0 amide bonds. The Hall–Kier alpha value is -1.16. The summed E-state index contributed by atoms with van der Waals surface area (Å²) in [4.78, 5) is 11.7. The van der Waals surface area contributed by atoms with E-state index in [-0.39, 0.29) is 17.9 Å². The molecule has 27 heavy (non-hydrogen) atoms. The van der Waals surface area contributed by atoms with Crippen LogP contribution < -0.4 is 0 Å². The van der Waals surface area contributed by atoms with E-state index in [1.807, 2.05) is 19.1 Å². The summed E-state index contributed by atoms with van der Waals surface area (Å²) in [5.74, 6) is 1.68. The fourth-order valence-electron chi connectivity index (χ4n) is 4.79. The van der Waals surface area contributed by atoms with Crippen molar-refractivity contribution in [2.75, 3.05) is 0 Å². The summed E-state index contributed by atoms with van der Waals surface area (Å²) in [5.41, 5.74) is 1.14. The molecule has 2 aliphatic carbocycles. The van der Waals surface area contributed by atoms with Crippen molar-refractivity contribution in [1.29, 1.82) is 0 Å². The Balaban J connectivity index is 1.43. The second kappa shape index (κ2) is 9.86. The quantitative estimate of drug-likeness (QED) is 0.369. The number of benzene rings is 1. The summed E-state index contributed by atoms with van der Waals surface area (Å²) in [7, 11) is 0. The van der Waals surface area contributed by atoms with Gasteiger partial charge in [-0.25, -0.2) is 9.18 Å². The molecule has 0 unspecified atom stereocenters. The maximum Gasteiger partial charge on any atom is 0.330 e. The Morgan fingerprint density at radius 3 is 2.33 bits per heavy atom. The number of hydrogen-bond acceptors (Lipinski definition) is 2. The second-order valence-corrected chi connectivity index (χ2v) is 8.92. The Bertz CT molecular complexity index is 656. The Morgan fingerprint density at radius 1 is 1.11 bits per heavy atom. The first-order chi connectivity index (χ1) is 13.1. The average molecular weight is 437 g/mol. The SMILES string of the molecule is CCC=CC(=O)OC1CCC(C2CCC(c3ccc(Br)c(F)c3)CC2)CC1. The number of allylic oxidation sites excluding steroid dienone is 1. The minimum absolute atomic E-state index is 0.0948. The number of rotatable bonds is 5. The molecule has 2 nitrogen and oxygen atoms in total. The summed E-state index contributed by atoms with van der Waals surface area (Å²) in [6.07, 6.45) is 13.5. The van der Waals surface area contributed by atoms with E-state index < -0.39 is 0 Å². The van der Waals surface area contributed by atoms with Crippen molar-refractivity contribution in [3.8, 4) is 0 Å². The van der Waals surface area contributed by atoms with E-state index >= 15 is 0 Å². The van der Waals surface area contributed by atoms with E-state index in [1.54, 1.807) is 12.1 Å². The predicted molar refractivity (Wildman–Crippen MR) is 110 cm³/mol. The zero-order chi connectivity index (χ0) is 19.2. The second-order valence-electron chi connectivity index (χ2n) is 8.07. The van der Waals surface area contributed by atoms with Crippen LogP contribution >= 0.6 is 15.9 Å². The number of halogens is 2. The number of hydrogen-bond donors (Lipinski definition) is 0. The van der Waals surface area contributed by atoms with Gasteiger partial charge in [-0.2, -0.15) is 0 Å². The standard InChI is InChI=1S/C23H30BrFO2/c1-2-3-4-23(26)27-20-12-9-17(10-13-20)16-5-7-18(8-6-16)19-11-14-21(24)22(25)15-19/h3-4,11,14-18,20H,2,5-10,12-13H2,1H3. The van der Waals surface area contributed by atoms with Crippen LogP contribution in [-0.4, -0.2) is 12.1 Å². The molecular formula is C23H30BrFO2. The topological polar surface area (TPSA) is 26.3 Å².